The molecule has 1 aliphatic rings. The first-order valence-corrected chi connectivity index (χ1v) is 11.7. The van der Waals surface area contributed by atoms with Gasteiger partial charge in [-0.1, -0.05) is 62.9 Å². The van der Waals surface area contributed by atoms with Gasteiger partial charge in [-0.25, -0.2) is 0 Å². The molecule has 0 aliphatic carbocycles. The topological polar surface area (TPSA) is 40.5 Å². The molecule has 0 unspecified atom stereocenters. The molecule has 2 aromatic rings. The van der Waals surface area contributed by atoms with Gasteiger partial charge in [-0.15, -0.1) is 0 Å². The zero-order valence-electron chi connectivity index (χ0n) is 19.0. The minimum absolute atomic E-state index is 0.619. The standard InChI is InChI=1S/C26H38N4/c1-4-5-6-11-18-27-26(28-20-30-19-12-10-13-21(30)2)24-16-17-25(29-22(24)3)23-14-8-7-9-15-23/h7-9,14-17,21H,4-6,10-13,18-20H2,1-3H3,(H,27,28)/t21-/m1/s1. The van der Waals surface area contributed by atoms with E-state index in [1.807, 2.05) is 6.07 Å². The van der Waals surface area contributed by atoms with Gasteiger partial charge in [0.25, 0.3) is 0 Å². The highest BCUT2D eigenvalue weighted by Gasteiger charge is 2.18. The fourth-order valence-electron chi connectivity index (χ4n) is 4.11. The van der Waals surface area contributed by atoms with Crippen LogP contribution in [0.4, 0.5) is 0 Å². The third-order valence-electron chi connectivity index (χ3n) is 6.08. The summed E-state index contributed by atoms with van der Waals surface area (Å²) in [5, 5.41) is 3.63. The molecule has 1 N–H and O–H groups in total. The van der Waals surface area contributed by atoms with Gasteiger partial charge in [0, 0.05) is 36.0 Å². The third kappa shape index (κ3) is 6.40. The van der Waals surface area contributed by atoms with Gasteiger partial charge in [0.2, 0.25) is 0 Å². The van der Waals surface area contributed by atoms with Crippen LogP contribution in [0.25, 0.3) is 11.3 Å². The number of aryl methyl sites for hydroxylation is 1. The molecular formula is C26H38N4. The number of aliphatic imine (C=N–C) groups is 1. The molecule has 1 atom stereocenters. The van der Waals surface area contributed by atoms with Crippen LogP contribution in [-0.2, 0) is 0 Å². The summed E-state index contributed by atoms with van der Waals surface area (Å²) in [5.74, 6) is 0.994. The molecule has 30 heavy (non-hydrogen) atoms. The van der Waals surface area contributed by atoms with E-state index < -0.39 is 0 Å². The first kappa shape index (κ1) is 22.5. The number of benzene rings is 1. The van der Waals surface area contributed by atoms with E-state index in [1.165, 1.54) is 44.9 Å². The molecule has 0 saturated carbocycles. The van der Waals surface area contributed by atoms with Crippen LogP contribution in [0, 0.1) is 6.92 Å². The predicted octanol–water partition coefficient (Wildman–Crippen LogP) is 5.81. The van der Waals surface area contributed by atoms with Crippen LogP contribution in [0.5, 0.6) is 0 Å². The van der Waals surface area contributed by atoms with Crippen LogP contribution >= 0.6 is 0 Å². The number of likely N-dealkylation sites (tertiary alicyclic amines) is 1. The van der Waals surface area contributed by atoms with E-state index >= 15 is 0 Å². The molecule has 0 spiro atoms. The van der Waals surface area contributed by atoms with Crippen LogP contribution in [0.3, 0.4) is 0 Å². The Morgan fingerprint density at radius 1 is 1.10 bits per heavy atom. The first-order valence-electron chi connectivity index (χ1n) is 11.7. The molecular weight excluding hydrogens is 368 g/mol. The van der Waals surface area contributed by atoms with Crippen molar-refractivity contribution >= 4 is 5.84 Å². The quantitative estimate of drug-likeness (QED) is 0.325. The van der Waals surface area contributed by atoms with Crippen LogP contribution in [0.15, 0.2) is 47.5 Å². The van der Waals surface area contributed by atoms with Crippen molar-refractivity contribution in [2.24, 2.45) is 4.99 Å². The normalized spacial score (nSPS) is 17.8. The Morgan fingerprint density at radius 3 is 2.67 bits per heavy atom. The van der Waals surface area contributed by atoms with E-state index in [9.17, 15) is 0 Å². The fourth-order valence-corrected chi connectivity index (χ4v) is 4.11. The Labute approximate surface area is 182 Å². The minimum atomic E-state index is 0.619. The van der Waals surface area contributed by atoms with Crippen molar-refractivity contribution in [2.75, 3.05) is 19.8 Å². The molecule has 2 heterocycles. The van der Waals surface area contributed by atoms with Crippen molar-refractivity contribution in [1.82, 2.24) is 15.2 Å². The van der Waals surface area contributed by atoms with Gasteiger partial charge >= 0.3 is 0 Å². The average Bonchev–Trinajstić information content (AvgIpc) is 2.77. The van der Waals surface area contributed by atoms with Gasteiger partial charge < -0.3 is 5.32 Å². The fraction of sp³-hybridized carbons (Fsp3) is 0.538. The maximum absolute atomic E-state index is 5.04. The molecule has 0 bridgehead atoms. The summed E-state index contributed by atoms with van der Waals surface area (Å²) >= 11 is 0. The molecule has 1 aromatic heterocycles. The minimum Gasteiger partial charge on any atom is -0.370 e. The van der Waals surface area contributed by atoms with Gasteiger partial charge in [0.15, 0.2) is 0 Å². The first-order chi connectivity index (χ1) is 14.7. The second-order valence-corrected chi connectivity index (χ2v) is 8.49. The number of hydrogen-bond acceptors (Lipinski definition) is 3. The van der Waals surface area contributed by atoms with Gasteiger partial charge in [0.05, 0.1) is 12.4 Å². The Bertz CT molecular complexity index is 800. The molecule has 1 fully saturated rings. The van der Waals surface area contributed by atoms with E-state index in [4.69, 9.17) is 9.98 Å². The number of pyridine rings is 1. The highest BCUT2D eigenvalue weighted by Crippen LogP contribution is 2.20. The van der Waals surface area contributed by atoms with Crippen LogP contribution < -0.4 is 5.32 Å². The highest BCUT2D eigenvalue weighted by molar-refractivity contribution is 5.99. The Balaban J connectivity index is 1.76. The van der Waals surface area contributed by atoms with Crippen molar-refractivity contribution in [2.45, 2.75) is 71.8 Å². The molecule has 0 radical (unpaired) electrons. The predicted molar refractivity (Wildman–Crippen MR) is 128 cm³/mol. The van der Waals surface area contributed by atoms with Crippen molar-refractivity contribution in [3.05, 3.63) is 53.7 Å². The van der Waals surface area contributed by atoms with E-state index in [2.05, 4.69) is 67.4 Å². The van der Waals surface area contributed by atoms with Crippen LogP contribution in [0.2, 0.25) is 0 Å². The molecule has 1 aliphatic heterocycles. The van der Waals surface area contributed by atoms with Crippen molar-refractivity contribution < 1.29 is 0 Å². The number of rotatable bonds is 9. The van der Waals surface area contributed by atoms with Crippen molar-refractivity contribution in [3.63, 3.8) is 0 Å². The molecule has 4 heteroatoms. The zero-order chi connectivity index (χ0) is 21.2. The monoisotopic (exact) mass is 406 g/mol. The summed E-state index contributed by atoms with van der Waals surface area (Å²) in [6.45, 7) is 9.56. The summed E-state index contributed by atoms with van der Waals surface area (Å²) in [6.07, 6.45) is 8.91. The Kier molecular flexibility index (Phi) is 8.88. The molecule has 1 aromatic carbocycles. The van der Waals surface area contributed by atoms with E-state index in [0.717, 1.165) is 48.1 Å². The number of unbranched alkanes of at least 4 members (excludes halogenated alkanes) is 3. The second-order valence-electron chi connectivity index (χ2n) is 8.49. The lowest BCUT2D eigenvalue weighted by Gasteiger charge is -2.32. The molecule has 3 rings (SSSR count). The third-order valence-corrected chi connectivity index (χ3v) is 6.08. The summed E-state index contributed by atoms with van der Waals surface area (Å²) in [6, 6.07) is 15.3. The van der Waals surface area contributed by atoms with E-state index in [1.54, 1.807) is 0 Å². The average molecular weight is 407 g/mol. The van der Waals surface area contributed by atoms with Crippen LogP contribution in [-0.4, -0.2) is 41.5 Å². The summed E-state index contributed by atoms with van der Waals surface area (Å²) < 4.78 is 0. The number of hydrogen-bond donors (Lipinski definition) is 1. The smallest absolute Gasteiger partial charge is 0.131 e. The molecule has 4 nitrogen and oxygen atoms in total. The second kappa shape index (κ2) is 11.8. The van der Waals surface area contributed by atoms with Gasteiger partial charge in [-0.05, 0) is 45.2 Å². The lowest BCUT2D eigenvalue weighted by Crippen LogP contribution is -2.38. The molecule has 1 saturated heterocycles. The molecule has 0 amide bonds. The lowest BCUT2D eigenvalue weighted by atomic mass is 10.0. The van der Waals surface area contributed by atoms with Crippen molar-refractivity contribution in [1.29, 1.82) is 0 Å². The SMILES string of the molecule is CCCCCCN/C(=N/CN1CCCC[C@H]1C)c1ccc(-c2ccccc2)nc1C. The van der Waals surface area contributed by atoms with Gasteiger partial charge in [-0.3, -0.25) is 14.9 Å². The Hall–Kier alpha value is -2.20. The number of piperidine rings is 1. The zero-order valence-corrected chi connectivity index (χ0v) is 19.0. The number of aromatic nitrogens is 1. The van der Waals surface area contributed by atoms with Crippen molar-refractivity contribution in [3.8, 4) is 11.3 Å². The van der Waals surface area contributed by atoms with E-state index in [-0.39, 0.29) is 0 Å². The highest BCUT2D eigenvalue weighted by atomic mass is 15.2. The van der Waals surface area contributed by atoms with Gasteiger partial charge in [-0.2, -0.15) is 0 Å². The Morgan fingerprint density at radius 2 is 1.93 bits per heavy atom. The molecule has 162 valence electrons. The maximum atomic E-state index is 5.04. The lowest BCUT2D eigenvalue weighted by molar-refractivity contribution is 0.166. The number of nitrogens with one attached hydrogen (secondary N) is 1. The summed E-state index contributed by atoms with van der Waals surface area (Å²) in [5.41, 5.74) is 4.32. The number of amidine groups is 1. The van der Waals surface area contributed by atoms with Gasteiger partial charge in [0.1, 0.15) is 5.84 Å². The maximum Gasteiger partial charge on any atom is 0.131 e. The largest absolute Gasteiger partial charge is 0.370 e. The summed E-state index contributed by atoms with van der Waals surface area (Å²) in [4.78, 5) is 12.4. The van der Waals surface area contributed by atoms with E-state index in [0.29, 0.717) is 6.04 Å². The summed E-state index contributed by atoms with van der Waals surface area (Å²) in [7, 11) is 0. The van der Waals surface area contributed by atoms with Crippen LogP contribution in [0.1, 0.15) is 70.1 Å². The number of nitrogens with zero attached hydrogens (tertiary/aromatic N) is 3.